The van der Waals surface area contributed by atoms with E-state index in [4.69, 9.17) is 15.5 Å². The number of nitrogen functional groups attached to an aromatic ring is 1. The van der Waals surface area contributed by atoms with Gasteiger partial charge < -0.3 is 20.1 Å². The molecule has 142 valence electrons. The Morgan fingerprint density at radius 1 is 1.29 bits per heavy atom. The Labute approximate surface area is 160 Å². The lowest BCUT2D eigenvalue weighted by atomic mass is 9.93. The molecule has 4 aromatic rings. The van der Waals surface area contributed by atoms with Crippen molar-refractivity contribution in [2.24, 2.45) is 0 Å². The number of methoxy groups -OCH3 is 1. The molecule has 5 rings (SSSR count). The summed E-state index contributed by atoms with van der Waals surface area (Å²) < 4.78 is 22.1. The van der Waals surface area contributed by atoms with Crippen LogP contribution in [0.25, 0.3) is 32.9 Å². The van der Waals surface area contributed by atoms with E-state index in [0.29, 0.717) is 44.4 Å². The molecule has 3 aromatic heterocycles. The van der Waals surface area contributed by atoms with Crippen LogP contribution >= 0.6 is 0 Å². The number of ether oxygens (including phenoxy) is 1. The quantitative estimate of drug-likeness (QED) is 0.551. The minimum Gasteiger partial charge on any atom is -0.494 e. The molecule has 0 saturated heterocycles. The van der Waals surface area contributed by atoms with Crippen molar-refractivity contribution in [1.82, 2.24) is 14.5 Å². The molecular formula is C21H19FN4O2. The lowest BCUT2D eigenvalue weighted by Crippen LogP contribution is -2.15. The summed E-state index contributed by atoms with van der Waals surface area (Å²) in [4.78, 5) is 8.74. The van der Waals surface area contributed by atoms with Crippen LogP contribution in [0.15, 0.2) is 36.8 Å². The molecule has 3 heterocycles. The van der Waals surface area contributed by atoms with Crippen molar-refractivity contribution in [2.75, 3.05) is 12.8 Å². The van der Waals surface area contributed by atoms with Gasteiger partial charge in [0.25, 0.3) is 0 Å². The van der Waals surface area contributed by atoms with Gasteiger partial charge in [-0.2, -0.15) is 0 Å². The first-order chi connectivity index (χ1) is 13.6. The zero-order valence-electron chi connectivity index (χ0n) is 15.3. The molecule has 0 spiro atoms. The van der Waals surface area contributed by atoms with Crippen molar-refractivity contribution in [3.63, 3.8) is 0 Å². The number of pyridine rings is 2. The van der Waals surface area contributed by atoms with Crippen molar-refractivity contribution in [2.45, 2.75) is 25.3 Å². The van der Waals surface area contributed by atoms with Crippen LogP contribution in [0.1, 0.15) is 25.3 Å². The molecule has 1 saturated carbocycles. The number of hydrogen-bond acceptors (Lipinski definition) is 5. The fourth-order valence-corrected chi connectivity index (χ4v) is 3.95. The van der Waals surface area contributed by atoms with Gasteiger partial charge in [-0.15, -0.1) is 0 Å². The van der Waals surface area contributed by atoms with Gasteiger partial charge in [0.15, 0.2) is 0 Å². The van der Waals surface area contributed by atoms with E-state index < -0.39 is 5.82 Å². The lowest BCUT2D eigenvalue weighted by molar-refractivity contribution is 0.283. The first kappa shape index (κ1) is 16.8. The van der Waals surface area contributed by atoms with Gasteiger partial charge in [0, 0.05) is 34.9 Å². The largest absolute Gasteiger partial charge is 0.494 e. The molecule has 3 N–H and O–H groups in total. The molecule has 0 aliphatic heterocycles. The molecule has 1 aromatic carbocycles. The summed E-state index contributed by atoms with van der Waals surface area (Å²) >= 11 is 0. The maximum atomic E-state index is 14.9. The van der Waals surface area contributed by atoms with E-state index in [1.807, 2.05) is 10.8 Å². The first-order valence-corrected chi connectivity index (χ1v) is 9.19. The van der Waals surface area contributed by atoms with Gasteiger partial charge in [-0.3, -0.25) is 4.98 Å². The van der Waals surface area contributed by atoms with Crippen LogP contribution in [0.4, 0.5) is 10.1 Å². The van der Waals surface area contributed by atoms with E-state index in [1.54, 1.807) is 18.3 Å². The summed E-state index contributed by atoms with van der Waals surface area (Å²) in [5.41, 5.74) is 8.65. The maximum Gasteiger partial charge on any atom is 0.203 e. The number of hydrogen-bond donors (Lipinski definition) is 2. The molecule has 6 nitrogen and oxygen atoms in total. The Bertz CT molecular complexity index is 1230. The van der Waals surface area contributed by atoms with Gasteiger partial charge in [-0.05, 0) is 37.5 Å². The zero-order chi connectivity index (χ0) is 19.4. The second-order valence-corrected chi connectivity index (χ2v) is 7.12. The Balaban J connectivity index is 1.86. The molecule has 0 bridgehead atoms. The predicted octanol–water partition coefficient (Wildman–Crippen LogP) is 4.41. The Morgan fingerprint density at radius 2 is 2.11 bits per heavy atom. The van der Waals surface area contributed by atoms with E-state index in [2.05, 4.69) is 4.98 Å². The van der Waals surface area contributed by atoms with Gasteiger partial charge in [0.1, 0.15) is 11.6 Å². The van der Waals surface area contributed by atoms with Crippen LogP contribution in [-0.2, 0) is 0 Å². The number of aromatic hydroxyl groups is 1. The minimum absolute atomic E-state index is 0.124. The number of fused-ring (bicyclic) bond motifs is 2. The molecule has 1 aliphatic carbocycles. The van der Waals surface area contributed by atoms with E-state index >= 15 is 0 Å². The van der Waals surface area contributed by atoms with Crippen LogP contribution < -0.4 is 10.5 Å². The number of anilines is 1. The van der Waals surface area contributed by atoms with E-state index in [0.717, 1.165) is 19.3 Å². The van der Waals surface area contributed by atoms with Gasteiger partial charge in [0.2, 0.25) is 5.88 Å². The standard InChI is InChI=1S/C21H19FN4O2/c1-28-16-9-24-8-7-12(16)17-14(22)6-5-13-19(23)18-15(25-20(13)17)10-26(21(18)27)11-3-2-4-11/h5-11,27H,2-4,23H2,1H3. The van der Waals surface area contributed by atoms with Crippen molar-refractivity contribution in [1.29, 1.82) is 0 Å². The van der Waals surface area contributed by atoms with Crippen LogP contribution in [-0.4, -0.2) is 26.8 Å². The fraction of sp³-hybridized carbons (Fsp3) is 0.238. The summed E-state index contributed by atoms with van der Waals surface area (Å²) in [7, 11) is 1.51. The fourth-order valence-electron chi connectivity index (χ4n) is 3.95. The first-order valence-electron chi connectivity index (χ1n) is 9.19. The number of rotatable bonds is 3. The molecule has 7 heteroatoms. The van der Waals surface area contributed by atoms with Crippen LogP contribution in [0.5, 0.6) is 11.6 Å². The number of nitrogens with zero attached hydrogens (tertiary/aromatic N) is 3. The van der Waals surface area contributed by atoms with E-state index in [9.17, 15) is 9.50 Å². The van der Waals surface area contributed by atoms with Gasteiger partial charge in [-0.1, -0.05) is 0 Å². The van der Waals surface area contributed by atoms with E-state index in [1.165, 1.54) is 19.4 Å². The second-order valence-electron chi connectivity index (χ2n) is 7.12. The third kappa shape index (κ3) is 2.25. The molecule has 1 aliphatic rings. The predicted molar refractivity (Wildman–Crippen MR) is 106 cm³/mol. The van der Waals surface area contributed by atoms with Crippen LogP contribution in [0.3, 0.4) is 0 Å². The Morgan fingerprint density at radius 3 is 2.82 bits per heavy atom. The highest BCUT2D eigenvalue weighted by atomic mass is 19.1. The molecule has 28 heavy (non-hydrogen) atoms. The molecule has 1 fully saturated rings. The molecule has 0 atom stereocenters. The Hall–Kier alpha value is -3.35. The summed E-state index contributed by atoms with van der Waals surface area (Å²) in [5, 5.41) is 11.8. The van der Waals surface area contributed by atoms with Crippen molar-refractivity contribution >= 4 is 27.5 Å². The second kappa shape index (κ2) is 6.09. The normalized spacial score (nSPS) is 14.5. The number of nitrogens with two attached hydrogens (primary N) is 1. The molecule has 0 radical (unpaired) electrons. The highest BCUT2D eigenvalue weighted by Gasteiger charge is 2.26. The molecule has 0 unspecified atom stereocenters. The number of benzene rings is 1. The summed E-state index contributed by atoms with van der Waals surface area (Å²) in [6.07, 6.45) is 8.10. The maximum absolute atomic E-state index is 14.9. The average Bonchev–Trinajstić information content (AvgIpc) is 2.97. The van der Waals surface area contributed by atoms with Crippen LogP contribution in [0, 0.1) is 5.82 Å². The third-order valence-electron chi connectivity index (χ3n) is 5.65. The van der Waals surface area contributed by atoms with Crippen molar-refractivity contribution < 1.29 is 14.2 Å². The Kier molecular flexibility index (Phi) is 3.65. The van der Waals surface area contributed by atoms with Crippen molar-refractivity contribution in [3.8, 4) is 22.8 Å². The summed E-state index contributed by atoms with van der Waals surface area (Å²) in [5.74, 6) is 0.147. The highest BCUT2D eigenvalue weighted by molar-refractivity contribution is 6.12. The van der Waals surface area contributed by atoms with Crippen molar-refractivity contribution in [3.05, 3.63) is 42.6 Å². The topological polar surface area (TPSA) is 86.2 Å². The van der Waals surface area contributed by atoms with E-state index in [-0.39, 0.29) is 11.9 Å². The summed E-state index contributed by atoms with van der Waals surface area (Å²) in [6, 6.07) is 4.91. The van der Waals surface area contributed by atoms with Gasteiger partial charge >= 0.3 is 0 Å². The molecule has 0 amide bonds. The zero-order valence-corrected chi connectivity index (χ0v) is 15.3. The lowest BCUT2D eigenvalue weighted by Gasteiger charge is -2.27. The summed E-state index contributed by atoms with van der Waals surface area (Å²) in [6.45, 7) is 0. The smallest absolute Gasteiger partial charge is 0.203 e. The monoisotopic (exact) mass is 378 g/mol. The molecular weight excluding hydrogens is 359 g/mol. The van der Waals surface area contributed by atoms with Crippen LogP contribution in [0.2, 0.25) is 0 Å². The number of halogens is 1. The van der Waals surface area contributed by atoms with Gasteiger partial charge in [-0.25, -0.2) is 9.37 Å². The average molecular weight is 378 g/mol. The van der Waals surface area contributed by atoms with Gasteiger partial charge in [0.05, 0.1) is 35.4 Å². The SMILES string of the molecule is COc1cnccc1-c1c(F)ccc2c(N)c3c(O)n(C4CCC4)cc3nc12. The minimum atomic E-state index is -0.425. The highest BCUT2D eigenvalue weighted by Crippen LogP contribution is 2.44. The number of aromatic nitrogens is 3. The third-order valence-corrected chi connectivity index (χ3v) is 5.65.